The van der Waals surface area contributed by atoms with E-state index < -0.39 is 17.6 Å². The zero-order valence-corrected chi connectivity index (χ0v) is 16.0. The van der Waals surface area contributed by atoms with E-state index in [1.807, 2.05) is 0 Å². The standard InChI is InChI=1S/C17H9Cl2FN2O2S2/c18-10-4-5-12(13(19)8-10)15(23)21-22-16(24)14(26-17(22)25)7-9-2-1-3-11(20)6-9/h1-8H,(H,21,23). The van der Waals surface area contributed by atoms with E-state index in [4.69, 9.17) is 35.4 Å². The lowest BCUT2D eigenvalue weighted by molar-refractivity contribution is -0.123. The van der Waals surface area contributed by atoms with Gasteiger partial charge in [-0.1, -0.05) is 47.1 Å². The molecule has 1 N–H and O–H groups in total. The van der Waals surface area contributed by atoms with Gasteiger partial charge in [-0.15, -0.1) is 0 Å². The van der Waals surface area contributed by atoms with Crippen molar-refractivity contribution in [3.8, 4) is 0 Å². The lowest BCUT2D eigenvalue weighted by Crippen LogP contribution is -2.44. The lowest BCUT2D eigenvalue weighted by atomic mass is 10.2. The minimum absolute atomic E-state index is 0.149. The van der Waals surface area contributed by atoms with Gasteiger partial charge in [0.25, 0.3) is 11.8 Å². The van der Waals surface area contributed by atoms with Gasteiger partial charge in [0.05, 0.1) is 15.5 Å². The average Bonchev–Trinajstić information content (AvgIpc) is 2.82. The van der Waals surface area contributed by atoms with E-state index in [-0.39, 0.29) is 19.8 Å². The zero-order valence-electron chi connectivity index (χ0n) is 12.8. The minimum Gasteiger partial charge on any atom is -0.267 e. The Labute approximate surface area is 167 Å². The molecule has 0 bridgehead atoms. The molecule has 1 saturated heterocycles. The Bertz CT molecular complexity index is 966. The van der Waals surface area contributed by atoms with Gasteiger partial charge in [0.1, 0.15) is 5.82 Å². The Kier molecular flexibility index (Phi) is 5.62. The van der Waals surface area contributed by atoms with Crippen LogP contribution in [0.3, 0.4) is 0 Å². The van der Waals surface area contributed by atoms with Crippen molar-refractivity contribution in [3.05, 3.63) is 74.4 Å². The molecule has 0 saturated carbocycles. The second-order valence-electron chi connectivity index (χ2n) is 5.14. The van der Waals surface area contributed by atoms with Crippen molar-refractivity contribution in [1.29, 1.82) is 0 Å². The minimum atomic E-state index is -0.602. The fraction of sp³-hybridized carbons (Fsp3) is 0. The first-order chi connectivity index (χ1) is 12.3. The largest absolute Gasteiger partial charge is 0.285 e. The number of hydrogen-bond donors (Lipinski definition) is 1. The van der Waals surface area contributed by atoms with Crippen LogP contribution in [0.15, 0.2) is 47.4 Å². The molecule has 0 spiro atoms. The summed E-state index contributed by atoms with van der Waals surface area (Å²) in [5.41, 5.74) is 3.09. The van der Waals surface area contributed by atoms with Gasteiger partial charge in [0, 0.05) is 5.02 Å². The number of carbonyl (C=O) groups excluding carboxylic acids is 2. The summed E-state index contributed by atoms with van der Waals surface area (Å²) < 4.78 is 13.4. The summed E-state index contributed by atoms with van der Waals surface area (Å²) in [7, 11) is 0. The SMILES string of the molecule is O=C(NN1C(=O)C(=Cc2cccc(F)c2)SC1=S)c1ccc(Cl)cc1Cl. The van der Waals surface area contributed by atoms with E-state index in [2.05, 4.69) is 5.43 Å². The van der Waals surface area contributed by atoms with Gasteiger partial charge < -0.3 is 0 Å². The van der Waals surface area contributed by atoms with Crippen LogP contribution in [-0.4, -0.2) is 21.1 Å². The van der Waals surface area contributed by atoms with Crippen molar-refractivity contribution in [2.75, 3.05) is 0 Å². The molecule has 2 amide bonds. The van der Waals surface area contributed by atoms with E-state index in [1.54, 1.807) is 6.07 Å². The van der Waals surface area contributed by atoms with Crippen LogP contribution in [0, 0.1) is 5.82 Å². The molecule has 0 atom stereocenters. The highest BCUT2D eigenvalue weighted by molar-refractivity contribution is 8.26. The second kappa shape index (κ2) is 7.75. The molecule has 1 aliphatic rings. The average molecular weight is 427 g/mol. The fourth-order valence-electron chi connectivity index (χ4n) is 2.15. The normalized spacial score (nSPS) is 15.7. The zero-order chi connectivity index (χ0) is 18.8. The first-order valence-electron chi connectivity index (χ1n) is 7.15. The van der Waals surface area contributed by atoms with Gasteiger partial charge in [0.2, 0.25) is 0 Å². The molecule has 132 valence electrons. The van der Waals surface area contributed by atoms with E-state index in [0.29, 0.717) is 10.6 Å². The van der Waals surface area contributed by atoms with E-state index in [0.717, 1.165) is 16.8 Å². The molecule has 1 aliphatic heterocycles. The van der Waals surface area contributed by atoms with Crippen LogP contribution in [-0.2, 0) is 4.79 Å². The van der Waals surface area contributed by atoms with Crippen LogP contribution in [0.5, 0.6) is 0 Å². The number of hydrazine groups is 1. The van der Waals surface area contributed by atoms with Crippen LogP contribution in [0.25, 0.3) is 6.08 Å². The molecular weight excluding hydrogens is 418 g/mol. The monoisotopic (exact) mass is 426 g/mol. The molecule has 1 heterocycles. The first kappa shape index (κ1) is 18.8. The van der Waals surface area contributed by atoms with Gasteiger partial charge in [-0.3, -0.25) is 15.0 Å². The number of carbonyl (C=O) groups is 2. The van der Waals surface area contributed by atoms with Crippen LogP contribution in [0.2, 0.25) is 10.0 Å². The molecule has 4 nitrogen and oxygen atoms in total. The molecule has 1 fully saturated rings. The molecule has 0 aliphatic carbocycles. The predicted octanol–water partition coefficient (Wildman–Crippen LogP) is 4.68. The molecule has 26 heavy (non-hydrogen) atoms. The number of halogens is 3. The highest BCUT2D eigenvalue weighted by Gasteiger charge is 2.34. The van der Waals surface area contributed by atoms with Crippen molar-refractivity contribution >= 4 is 69.4 Å². The Hall–Kier alpha value is -1.93. The number of rotatable bonds is 3. The number of thiocarbonyl (C=S) groups is 1. The van der Waals surface area contributed by atoms with Crippen LogP contribution >= 0.6 is 47.2 Å². The topological polar surface area (TPSA) is 49.4 Å². The van der Waals surface area contributed by atoms with Crippen molar-refractivity contribution in [1.82, 2.24) is 10.4 Å². The van der Waals surface area contributed by atoms with Gasteiger partial charge in [-0.25, -0.2) is 4.39 Å². The molecule has 3 rings (SSSR count). The summed E-state index contributed by atoms with van der Waals surface area (Å²) >= 11 is 18.0. The Balaban J connectivity index is 1.80. The van der Waals surface area contributed by atoms with Crippen molar-refractivity contribution in [2.45, 2.75) is 0 Å². The molecule has 0 unspecified atom stereocenters. The summed E-state index contributed by atoms with van der Waals surface area (Å²) in [5, 5.41) is 1.49. The Morgan fingerprint density at radius 1 is 1.23 bits per heavy atom. The molecule has 2 aromatic rings. The molecule has 0 aromatic heterocycles. The van der Waals surface area contributed by atoms with E-state index in [9.17, 15) is 14.0 Å². The van der Waals surface area contributed by atoms with Crippen LogP contribution in [0.4, 0.5) is 4.39 Å². The third-order valence-electron chi connectivity index (χ3n) is 3.33. The number of hydrogen-bond acceptors (Lipinski definition) is 4. The Morgan fingerprint density at radius 3 is 2.69 bits per heavy atom. The summed E-state index contributed by atoms with van der Waals surface area (Å²) in [4.78, 5) is 25.1. The highest BCUT2D eigenvalue weighted by atomic mass is 35.5. The third kappa shape index (κ3) is 4.07. The maximum atomic E-state index is 13.3. The quantitative estimate of drug-likeness (QED) is 0.571. The number of amides is 2. The number of nitrogens with zero attached hydrogens (tertiary/aromatic N) is 1. The third-order valence-corrected chi connectivity index (χ3v) is 5.18. The summed E-state index contributed by atoms with van der Waals surface area (Å²) in [6.45, 7) is 0. The van der Waals surface area contributed by atoms with Gasteiger partial charge >= 0.3 is 0 Å². The van der Waals surface area contributed by atoms with Crippen LogP contribution < -0.4 is 5.43 Å². The van der Waals surface area contributed by atoms with Crippen molar-refractivity contribution in [2.24, 2.45) is 0 Å². The highest BCUT2D eigenvalue weighted by Crippen LogP contribution is 2.32. The summed E-state index contributed by atoms with van der Waals surface area (Å²) in [6.07, 6.45) is 1.50. The van der Waals surface area contributed by atoms with Crippen LogP contribution in [0.1, 0.15) is 15.9 Å². The number of thioether (sulfide) groups is 1. The maximum absolute atomic E-state index is 13.3. The number of nitrogens with one attached hydrogen (secondary N) is 1. The maximum Gasteiger partial charge on any atom is 0.285 e. The van der Waals surface area contributed by atoms with Crippen molar-refractivity contribution < 1.29 is 14.0 Å². The van der Waals surface area contributed by atoms with Crippen molar-refractivity contribution in [3.63, 3.8) is 0 Å². The van der Waals surface area contributed by atoms with Gasteiger partial charge in [0.15, 0.2) is 4.32 Å². The predicted molar refractivity (Wildman–Crippen MR) is 105 cm³/mol. The fourth-order valence-corrected chi connectivity index (χ4v) is 3.82. The first-order valence-corrected chi connectivity index (χ1v) is 9.13. The number of benzene rings is 2. The van der Waals surface area contributed by atoms with E-state index in [1.165, 1.54) is 42.5 Å². The summed E-state index contributed by atoms with van der Waals surface area (Å²) in [5.74, 6) is -1.53. The summed E-state index contributed by atoms with van der Waals surface area (Å²) in [6, 6.07) is 10.2. The second-order valence-corrected chi connectivity index (χ2v) is 7.66. The lowest BCUT2D eigenvalue weighted by Gasteiger charge is -2.16. The van der Waals surface area contributed by atoms with E-state index >= 15 is 0 Å². The van der Waals surface area contributed by atoms with Gasteiger partial charge in [-0.05, 0) is 54.2 Å². The van der Waals surface area contributed by atoms with Gasteiger partial charge in [-0.2, -0.15) is 5.01 Å². The molecule has 9 heteroatoms. The smallest absolute Gasteiger partial charge is 0.267 e. The molecule has 2 aromatic carbocycles. The molecular formula is C17H9Cl2FN2O2S2. The Morgan fingerprint density at radius 2 is 2.00 bits per heavy atom. The molecule has 0 radical (unpaired) electrons.